The monoisotopic (exact) mass is 223 g/mol. The molecule has 1 heterocycles. The molecule has 0 unspecified atom stereocenters. The quantitative estimate of drug-likeness (QED) is 0.847. The van der Waals surface area contributed by atoms with Crippen molar-refractivity contribution in [1.82, 2.24) is 4.90 Å². The number of carboxylic acids is 1. The van der Waals surface area contributed by atoms with Crippen molar-refractivity contribution in [3.63, 3.8) is 0 Å². The molecule has 0 bridgehead atoms. The van der Waals surface area contributed by atoms with Crippen molar-refractivity contribution in [1.29, 1.82) is 0 Å². The Morgan fingerprint density at radius 1 is 1.44 bits per heavy atom. The van der Waals surface area contributed by atoms with Crippen molar-refractivity contribution >= 4 is 5.97 Å². The maximum atomic E-state index is 13.7. The van der Waals surface area contributed by atoms with E-state index in [-0.39, 0.29) is 13.0 Å². The predicted octanol–water partition coefficient (Wildman–Crippen LogP) is 1.69. The number of carboxylic acid groups (broad SMARTS) is 1. The van der Waals surface area contributed by atoms with E-state index in [1.54, 1.807) is 0 Å². The largest absolute Gasteiger partial charge is 0.479 e. The first-order chi connectivity index (χ1) is 7.60. The van der Waals surface area contributed by atoms with Gasteiger partial charge in [-0.15, -0.1) is 0 Å². The molecular weight excluding hydrogens is 209 g/mol. The van der Waals surface area contributed by atoms with E-state index in [9.17, 15) is 9.18 Å². The number of aliphatic carboxylic acids is 1. The van der Waals surface area contributed by atoms with Crippen LogP contribution in [0.15, 0.2) is 30.3 Å². The van der Waals surface area contributed by atoms with Crippen LogP contribution < -0.4 is 0 Å². The zero-order chi connectivity index (χ0) is 11.6. The van der Waals surface area contributed by atoms with Crippen molar-refractivity contribution in [2.45, 2.75) is 18.6 Å². The van der Waals surface area contributed by atoms with Crippen LogP contribution in [-0.4, -0.2) is 34.7 Å². The van der Waals surface area contributed by atoms with Crippen LogP contribution in [-0.2, 0) is 11.3 Å². The Morgan fingerprint density at radius 2 is 2.12 bits per heavy atom. The van der Waals surface area contributed by atoms with Gasteiger partial charge in [0.05, 0.1) is 0 Å². The highest BCUT2D eigenvalue weighted by Crippen LogP contribution is 2.26. The summed E-state index contributed by atoms with van der Waals surface area (Å²) >= 11 is 0. The molecule has 0 radical (unpaired) electrons. The molecule has 4 heteroatoms. The predicted molar refractivity (Wildman–Crippen MR) is 57.8 cm³/mol. The van der Waals surface area contributed by atoms with Gasteiger partial charge >= 0.3 is 5.97 Å². The van der Waals surface area contributed by atoms with E-state index in [2.05, 4.69) is 0 Å². The highest BCUT2D eigenvalue weighted by atomic mass is 19.1. The average Bonchev–Trinajstić information content (AvgIpc) is 2.63. The molecule has 1 aromatic carbocycles. The molecule has 0 spiro atoms. The molecule has 1 saturated heterocycles. The lowest BCUT2D eigenvalue weighted by Gasteiger charge is -2.17. The molecule has 3 nitrogen and oxygen atoms in total. The third-order valence-electron chi connectivity index (χ3n) is 2.93. The fraction of sp³-hybridized carbons (Fsp3) is 0.417. The van der Waals surface area contributed by atoms with Gasteiger partial charge in [-0.1, -0.05) is 30.3 Å². The van der Waals surface area contributed by atoms with E-state index < -0.39 is 11.6 Å². The number of likely N-dealkylation sites (tertiary alicyclic amines) is 1. The summed E-state index contributed by atoms with van der Waals surface area (Å²) in [6.07, 6.45) is 0.0785. The van der Waals surface area contributed by atoms with Crippen molar-refractivity contribution in [2.75, 3.05) is 13.1 Å². The topological polar surface area (TPSA) is 40.5 Å². The lowest BCUT2D eigenvalue weighted by molar-refractivity contribution is -0.149. The van der Waals surface area contributed by atoms with Crippen LogP contribution in [0, 0.1) is 0 Å². The van der Waals surface area contributed by atoms with Crippen molar-refractivity contribution in [3.05, 3.63) is 35.9 Å². The maximum absolute atomic E-state index is 13.7. The zero-order valence-corrected chi connectivity index (χ0v) is 8.90. The summed E-state index contributed by atoms with van der Waals surface area (Å²) in [5.41, 5.74) is -0.980. The normalized spacial score (nSPS) is 25.8. The average molecular weight is 223 g/mol. The van der Waals surface area contributed by atoms with E-state index in [0.29, 0.717) is 13.1 Å². The second-order valence-corrected chi connectivity index (χ2v) is 4.22. The van der Waals surface area contributed by atoms with Crippen LogP contribution in [0.5, 0.6) is 0 Å². The summed E-state index contributed by atoms with van der Waals surface area (Å²) in [5, 5.41) is 8.75. The molecule has 86 valence electrons. The Hall–Kier alpha value is -1.42. The Bertz CT molecular complexity index is 382. The smallest absolute Gasteiger partial charge is 0.342 e. The lowest BCUT2D eigenvalue weighted by atomic mass is 10.1. The van der Waals surface area contributed by atoms with Gasteiger partial charge in [0.25, 0.3) is 0 Å². The van der Waals surface area contributed by atoms with E-state index in [0.717, 1.165) is 5.56 Å². The Morgan fingerprint density at radius 3 is 2.69 bits per heavy atom. The summed E-state index contributed by atoms with van der Waals surface area (Å²) < 4.78 is 13.7. The second kappa shape index (κ2) is 4.22. The van der Waals surface area contributed by atoms with Crippen LogP contribution in [0.1, 0.15) is 12.0 Å². The number of nitrogens with zero attached hydrogens (tertiary/aromatic N) is 1. The summed E-state index contributed by atoms with van der Waals surface area (Å²) in [6.45, 7) is 1.09. The molecule has 16 heavy (non-hydrogen) atoms. The molecule has 1 aliphatic heterocycles. The van der Waals surface area contributed by atoms with Gasteiger partial charge in [0.1, 0.15) is 0 Å². The fourth-order valence-electron chi connectivity index (χ4n) is 2.00. The van der Waals surface area contributed by atoms with Crippen molar-refractivity contribution in [3.8, 4) is 0 Å². The van der Waals surface area contributed by atoms with Gasteiger partial charge in [-0.05, 0) is 5.56 Å². The Kier molecular flexibility index (Phi) is 2.92. The molecule has 0 amide bonds. The first-order valence-electron chi connectivity index (χ1n) is 5.29. The Labute approximate surface area is 93.5 Å². The van der Waals surface area contributed by atoms with Gasteiger partial charge in [-0.2, -0.15) is 0 Å². The van der Waals surface area contributed by atoms with Crippen molar-refractivity contribution < 1.29 is 14.3 Å². The first kappa shape index (κ1) is 11.1. The van der Waals surface area contributed by atoms with Gasteiger partial charge < -0.3 is 5.11 Å². The highest BCUT2D eigenvalue weighted by Gasteiger charge is 2.45. The Balaban J connectivity index is 1.98. The second-order valence-electron chi connectivity index (χ2n) is 4.22. The van der Waals surface area contributed by atoms with Crippen LogP contribution >= 0.6 is 0 Å². The zero-order valence-electron chi connectivity index (χ0n) is 8.90. The van der Waals surface area contributed by atoms with Gasteiger partial charge in [-0.25, -0.2) is 9.18 Å². The molecule has 1 aromatic rings. The minimum Gasteiger partial charge on any atom is -0.479 e. The van der Waals surface area contributed by atoms with Gasteiger partial charge in [0.15, 0.2) is 0 Å². The molecule has 1 N–H and O–H groups in total. The number of rotatable bonds is 3. The van der Waals surface area contributed by atoms with Crippen LogP contribution in [0.4, 0.5) is 4.39 Å². The van der Waals surface area contributed by atoms with Gasteiger partial charge in [-0.3, -0.25) is 4.90 Å². The van der Waals surface area contributed by atoms with Crippen LogP contribution in [0.3, 0.4) is 0 Å². The number of alkyl halides is 1. The molecule has 0 aliphatic carbocycles. The molecule has 1 fully saturated rings. The van der Waals surface area contributed by atoms with E-state index in [1.807, 2.05) is 35.2 Å². The summed E-state index contributed by atoms with van der Waals surface area (Å²) in [6, 6.07) is 9.68. The van der Waals surface area contributed by atoms with E-state index in [1.165, 1.54) is 0 Å². The number of halogens is 1. The van der Waals surface area contributed by atoms with E-state index >= 15 is 0 Å². The maximum Gasteiger partial charge on any atom is 0.342 e. The first-order valence-corrected chi connectivity index (χ1v) is 5.29. The minimum atomic E-state index is -2.06. The highest BCUT2D eigenvalue weighted by molar-refractivity contribution is 5.78. The molecule has 0 aromatic heterocycles. The number of benzene rings is 1. The molecule has 1 atom stereocenters. The summed E-state index contributed by atoms with van der Waals surface area (Å²) in [5.74, 6) is -1.34. The van der Waals surface area contributed by atoms with Crippen LogP contribution in [0.2, 0.25) is 0 Å². The summed E-state index contributed by atoms with van der Waals surface area (Å²) in [4.78, 5) is 12.6. The van der Waals surface area contributed by atoms with Crippen molar-refractivity contribution in [2.24, 2.45) is 0 Å². The third-order valence-corrected chi connectivity index (χ3v) is 2.93. The van der Waals surface area contributed by atoms with Gasteiger partial charge in [0, 0.05) is 26.1 Å². The molecular formula is C12H14FNO2. The number of carbonyl (C=O) groups is 1. The lowest BCUT2D eigenvalue weighted by Crippen LogP contribution is -2.36. The van der Waals surface area contributed by atoms with Gasteiger partial charge in [0.2, 0.25) is 5.67 Å². The number of hydrogen-bond acceptors (Lipinski definition) is 2. The molecule has 2 rings (SSSR count). The standard InChI is InChI=1S/C12H14FNO2/c13-12(11(15)16)6-7-14(9-12)8-10-4-2-1-3-5-10/h1-5H,6-9H2,(H,15,16)/t12-/m1/s1. The SMILES string of the molecule is O=C(O)[C@@]1(F)CCN(Cc2ccccc2)C1. The minimum absolute atomic E-state index is 0.0166. The molecule has 0 saturated carbocycles. The fourth-order valence-corrected chi connectivity index (χ4v) is 2.00. The number of hydrogen-bond donors (Lipinski definition) is 1. The van der Waals surface area contributed by atoms with E-state index in [4.69, 9.17) is 5.11 Å². The summed E-state index contributed by atoms with van der Waals surface area (Å²) in [7, 11) is 0. The molecule has 1 aliphatic rings. The third kappa shape index (κ3) is 2.22. The van der Waals surface area contributed by atoms with Crippen LogP contribution in [0.25, 0.3) is 0 Å².